The molecule has 1 amide bonds. The van der Waals surface area contributed by atoms with E-state index in [0.29, 0.717) is 0 Å². The first-order chi connectivity index (χ1) is 8.76. The van der Waals surface area contributed by atoms with E-state index in [2.05, 4.69) is 50.4 Å². The Morgan fingerprint density at radius 2 is 1.68 bits per heavy atom. The molecule has 0 spiro atoms. The topological polar surface area (TPSA) is 32.3 Å². The molecule has 3 nitrogen and oxygen atoms in total. The molecule has 0 saturated heterocycles. The van der Waals surface area contributed by atoms with Gasteiger partial charge in [0.15, 0.2) is 0 Å². The fourth-order valence-corrected chi connectivity index (χ4v) is 2.16. The van der Waals surface area contributed by atoms with Crippen molar-refractivity contribution in [3.05, 3.63) is 35.9 Å². The van der Waals surface area contributed by atoms with Crippen molar-refractivity contribution in [2.24, 2.45) is 0 Å². The summed E-state index contributed by atoms with van der Waals surface area (Å²) in [6.45, 7) is 8.45. The minimum absolute atomic E-state index is 0.0257. The van der Waals surface area contributed by atoms with E-state index in [-0.39, 0.29) is 23.4 Å². The molecule has 106 valence electrons. The van der Waals surface area contributed by atoms with Crippen LogP contribution in [0.2, 0.25) is 0 Å². The average Bonchev–Trinajstić information content (AvgIpc) is 2.38. The van der Waals surface area contributed by atoms with Crippen LogP contribution in [0.25, 0.3) is 0 Å². The number of amides is 1. The fraction of sp³-hybridized carbons (Fsp3) is 0.562. The van der Waals surface area contributed by atoms with Gasteiger partial charge in [-0.25, -0.2) is 0 Å². The largest absolute Gasteiger partial charge is 0.347 e. The second-order valence-electron chi connectivity index (χ2n) is 5.93. The van der Waals surface area contributed by atoms with E-state index in [1.165, 1.54) is 5.56 Å². The Hall–Kier alpha value is -1.35. The maximum Gasteiger partial charge on any atom is 0.238 e. The summed E-state index contributed by atoms with van der Waals surface area (Å²) in [7, 11) is 3.57. The highest BCUT2D eigenvalue weighted by molar-refractivity contribution is 5.80. The predicted molar refractivity (Wildman–Crippen MR) is 80.2 cm³/mol. The second kappa shape index (κ2) is 6.20. The number of rotatable bonds is 5. The Kier molecular flexibility index (Phi) is 5.12. The standard InChI is InChI=1S/C16H26N2O/c1-12(15(19)18(5)6)17-13(2)16(3,4)14-10-8-7-9-11-14/h7-13,17H,1-6H3/t12-,13-/m0/s1. The second-order valence-corrected chi connectivity index (χ2v) is 5.93. The van der Waals surface area contributed by atoms with Crippen molar-refractivity contribution in [2.45, 2.75) is 45.2 Å². The molecule has 0 radical (unpaired) electrons. The van der Waals surface area contributed by atoms with Crippen LogP contribution >= 0.6 is 0 Å². The normalized spacial score (nSPS) is 14.8. The first kappa shape index (κ1) is 15.7. The van der Waals surface area contributed by atoms with E-state index in [9.17, 15) is 4.79 Å². The van der Waals surface area contributed by atoms with Crippen molar-refractivity contribution in [1.82, 2.24) is 10.2 Å². The van der Waals surface area contributed by atoms with Gasteiger partial charge >= 0.3 is 0 Å². The predicted octanol–water partition coefficient (Wildman–Crippen LogP) is 2.42. The summed E-state index contributed by atoms with van der Waals surface area (Å²) in [5.74, 6) is 0.107. The Morgan fingerprint density at radius 1 is 1.16 bits per heavy atom. The van der Waals surface area contributed by atoms with Crippen molar-refractivity contribution in [1.29, 1.82) is 0 Å². The molecule has 19 heavy (non-hydrogen) atoms. The maximum atomic E-state index is 11.9. The highest BCUT2D eigenvalue weighted by atomic mass is 16.2. The Labute approximate surface area is 117 Å². The van der Waals surface area contributed by atoms with E-state index in [1.54, 1.807) is 19.0 Å². The van der Waals surface area contributed by atoms with Gasteiger partial charge in [-0.05, 0) is 19.4 Å². The number of carbonyl (C=O) groups excluding carboxylic acids is 1. The number of benzene rings is 1. The van der Waals surface area contributed by atoms with Crippen molar-refractivity contribution < 1.29 is 4.79 Å². The quantitative estimate of drug-likeness (QED) is 0.884. The molecule has 1 rings (SSSR count). The highest BCUT2D eigenvalue weighted by Crippen LogP contribution is 2.27. The van der Waals surface area contributed by atoms with Crippen LogP contribution < -0.4 is 5.32 Å². The zero-order valence-electron chi connectivity index (χ0n) is 12.9. The van der Waals surface area contributed by atoms with Crippen LogP contribution in [-0.4, -0.2) is 37.0 Å². The van der Waals surface area contributed by atoms with E-state index in [0.717, 1.165) is 0 Å². The Morgan fingerprint density at radius 3 is 2.16 bits per heavy atom. The Bertz CT molecular complexity index is 412. The molecule has 1 aromatic carbocycles. The van der Waals surface area contributed by atoms with Gasteiger partial charge in [0.2, 0.25) is 5.91 Å². The van der Waals surface area contributed by atoms with E-state index >= 15 is 0 Å². The minimum Gasteiger partial charge on any atom is -0.347 e. The van der Waals surface area contributed by atoms with Crippen LogP contribution in [-0.2, 0) is 10.2 Å². The maximum absolute atomic E-state index is 11.9. The third-order valence-corrected chi connectivity index (χ3v) is 3.91. The van der Waals surface area contributed by atoms with Crippen molar-refractivity contribution in [2.75, 3.05) is 14.1 Å². The van der Waals surface area contributed by atoms with Crippen LogP contribution in [0.4, 0.5) is 0 Å². The van der Waals surface area contributed by atoms with Gasteiger partial charge in [0.05, 0.1) is 6.04 Å². The lowest BCUT2D eigenvalue weighted by molar-refractivity contribution is -0.130. The SMILES string of the molecule is C[C@H](N[C@@H](C)C(C)(C)c1ccccc1)C(=O)N(C)C. The summed E-state index contributed by atoms with van der Waals surface area (Å²) < 4.78 is 0. The first-order valence-electron chi connectivity index (χ1n) is 6.79. The van der Waals surface area contributed by atoms with Gasteiger partial charge in [-0.15, -0.1) is 0 Å². The summed E-state index contributed by atoms with van der Waals surface area (Å²) in [6.07, 6.45) is 0. The van der Waals surface area contributed by atoms with Gasteiger partial charge < -0.3 is 10.2 Å². The first-order valence-corrected chi connectivity index (χ1v) is 6.79. The molecule has 0 heterocycles. The molecule has 0 aliphatic carbocycles. The minimum atomic E-state index is -0.173. The van der Waals surface area contributed by atoms with Gasteiger partial charge in [0.25, 0.3) is 0 Å². The molecule has 0 aliphatic rings. The zero-order valence-corrected chi connectivity index (χ0v) is 12.9. The van der Waals surface area contributed by atoms with Gasteiger partial charge in [0, 0.05) is 25.6 Å². The molecular weight excluding hydrogens is 236 g/mol. The highest BCUT2D eigenvalue weighted by Gasteiger charge is 2.30. The van der Waals surface area contributed by atoms with Gasteiger partial charge in [-0.1, -0.05) is 44.2 Å². The molecule has 0 bridgehead atoms. The third-order valence-electron chi connectivity index (χ3n) is 3.91. The molecule has 0 aliphatic heterocycles. The van der Waals surface area contributed by atoms with E-state index in [4.69, 9.17) is 0 Å². The Balaban J connectivity index is 2.77. The molecule has 1 N–H and O–H groups in total. The fourth-order valence-electron chi connectivity index (χ4n) is 2.16. The number of hydrogen-bond acceptors (Lipinski definition) is 2. The third kappa shape index (κ3) is 3.80. The van der Waals surface area contributed by atoms with Crippen molar-refractivity contribution in [3.63, 3.8) is 0 Å². The average molecular weight is 262 g/mol. The van der Waals surface area contributed by atoms with Crippen LogP contribution in [0.3, 0.4) is 0 Å². The van der Waals surface area contributed by atoms with Gasteiger partial charge in [-0.3, -0.25) is 4.79 Å². The summed E-state index contributed by atoms with van der Waals surface area (Å²) in [6, 6.07) is 10.4. The monoisotopic (exact) mass is 262 g/mol. The summed E-state index contributed by atoms with van der Waals surface area (Å²) in [4.78, 5) is 13.5. The van der Waals surface area contributed by atoms with Crippen LogP contribution in [0, 0.1) is 0 Å². The molecule has 0 saturated carbocycles. The number of carbonyl (C=O) groups is 1. The lowest BCUT2D eigenvalue weighted by Crippen LogP contribution is -2.51. The number of hydrogen-bond donors (Lipinski definition) is 1. The van der Waals surface area contributed by atoms with Crippen LogP contribution in [0.1, 0.15) is 33.3 Å². The molecule has 0 unspecified atom stereocenters. The summed E-state index contributed by atoms with van der Waals surface area (Å²) >= 11 is 0. The lowest BCUT2D eigenvalue weighted by Gasteiger charge is -2.35. The molecule has 3 heteroatoms. The van der Waals surface area contributed by atoms with Gasteiger partial charge in [0.1, 0.15) is 0 Å². The van der Waals surface area contributed by atoms with Crippen molar-refractivity contribution in [3.8, 4) is 0 Å². The molecular formula is C16H26N2O. The number of nitrogens with one attached hydrogen (secondary N) is 1. The molecule has 0 fully saturated rings. The summed E-state index contributed by atoms with van der Waals surface area (Å²) in [5.41, 5.74) is 1.25. The zero-order chi connectivity index (χ0) is 14.6. The van der Waals surface area contributed by atoms with E-state index in [1.807, 2.05) is 13.0 Å². The van der Waals surface area contributed by atoms with Gasteiger partial charge in [-0.2, -0.15) is 0 Å². The van der Waals surface area contributed by atoms with E-state index < -0.39 is 0 Å². The van der Waals surface area contributed by atoms with Crippen LogP contribution in [0.5, 0.6) is 0 Å². The number of nitrogens with zero attached hydrogens (tertiary/aromatic N) is 1. The van der Waals surface area contributed by atoms with Crippen LogP contribution in [0.15, 0.2) is 30.3 Å². The summed E-state index contributed by atoms with van der Waals surface area (Å²) in [5, 5.41) is 3.41. The lowest BCUT2D eigenvalue weighted by atomic mass is 9.78. The molecule has 1 aromatic rings. The number of likely N-dealkylation sites (N-methyl/N-ethyl adjacent to an activating group) is 1. The van der Waals surface area contributed by atoms with Crippen molar-refractivity contribution >= 4 is 5.91 Å². The smallest absolute Gasteiger partial charge is 0.238 e. The molecule has 2 atom stereocenters. The molecule has 0 aromatic heterocycles.